The minimum atomic E-state index is -3.57. The highest BCUT2D eigenvalue weighted by molar-refractivity contribution is 7.89. The van der Waals surface area contributed by atoms with E-state index in [4.69, 9.17) is 0 Å². The van der Waals surface area contributed by atoms with Crippen LogP contribution in [0.25, 0.3) is 0 Å². The lowest BCUT2D eigenvalue weighted by Crippen LogP contribution is -2.33. The van der Waals surface area contributed by atoms with Gasteiger partial charge in [-0.1, -0.05) is 41.8 Å². The van der Waals surface area contributed by atoms with Gasteiger partial charge in [0.05, 0.1) is 11.4 Å². The van der Waals surface area contributed by atoms with Crippen molar-refractivity contribution in [2.45, 2.75) is 25.2 Å². The summed E-state index contributed by atoms with van der Waals surface area (Å²) in [6.07, 6.45) is 2.30. The Morgan fingerprint density at radius 2 is 1.95 bits per heavy atom. The highest BCUT2D eigenvalue weighted by Gasteiger charge is 2.23. The molecule has 0 amide bonds. The number of allylic oxidation sites excluding steroid dienone is 1. The van der Waals surface area contributed by atoms with Crippen molar-refractivity contribution in [3.8, 4) is 11.8 Å². The van der Waals surface area contributed by atoms with Gasteiger partial charge < -0.3 is 0 Å². The summed E-state index contributed by atoms with van der Waals surface area (Å²) in [5, 5.41) is 0. The Morgan fingerprint density at radius 3 is 2.48 bits per heavy atom. The number of sulfonamides is 1. The van der Waals surface area contributed by atoms with E-state index in [-0.39, 0.29) is 18.0 Å². The zero-order chi connectivity index (χ0) is 15.9. The summed E-state index contributed by atoms with van der Waals surface area (Å²) in [5.74, 6) is 5.54. The van der Waals surface area contributed by atoms with Crippen molar-refractivity contribution < 1.29 is 8.42 Å². The molecule has 0 heterocycles. The quantitative estimate of drug-likeness (QED) is 0.573. The zero-order valence-corrected chi connectivity index (χ0v) is 13.4. The highest BCUT2D eigenvalue weighted by Crippen LogP contribution is 2.18. The van der Waals surface area contributed by atoms with Crippen LogP contribution in [0.15, 0.2) is 54.0 Å². The molecule has 0 aliphatic carbocycles. The van der Waals surface area contributed by atoms with Gasteiger partial charge in [0, 0.05) is 6.54 Å². The maximum absolute atomic E-state index is 12.7. The summed E-state index contributed by atoms with van der Waals surface area (Å²) in [5.41, 5.74) is 1.81. The lowest BCUT2D eigenvalue weighted by Gasteiger charge is -2.21. The van der Waals surface area contributed by atoms with Gasteiger partial charge in [0.1, 0.15) is 0 Å². The third-order valence-electron chi connectivity index (χ3n) is 2.92. The first-order valence-corrected chi connectivity index (χ1v) is 8.09. The molecule has 1 aromatic rings. The van der Waals surface area contributed by atoms with Gasteiger partial charge in [-0.2, -0.15) is 4.31 Å². The van der Waals surface area contributed by atoms with Gasteiger partial charge in [-0.3, -0.25) is 0 Å². The maximum atomic E-state index is 12.7. The van der Waals surface area contributed by atoms with Crippen LogP contribution in [-0.2, 0) is 10.0 Å². The largest absolute Gasteiger partial charge is 0.244 e. The SMILES string of the molecule is C=CCC(=C)CN(CC#CC)S(=O)(=O)c1ccc(C)cc1. The van der Waals surface area contributed by atoms with Crippen molar-refractivity contribution in [2.75, 3.05) is 13.1 Å². The molecule has 0 N–H and O–H groups in total. The molecule has 0 saturated carbocycles. The fraction of sp³-hybridized carbons (Fsp3) is 0.294. The summed E-state index contributed by atoms with van der Waals surface area (Å²) >= 11 is 0. The molecule has 0 bridgehead atoms. The third-order valence-corrected chi connectivity index (χ3v) is 4.73. The van der Waals surface area contributed by atoms with E-state index in [0.717, 1.165) is 11.1 Å². The Bertz CT molecular complexity index is 661. The minimum absolute atomic E-state index is 0.156. The number of hydrogen-bond acceptors (Lipinski definition) is 2. The lowest BCUT2D eigenvalue weighted by molar-refractivity contribution is 0.469. The Labute approximate surface area is 128 Å². The van der Waals surface area contributed by atoms with E-state index < -0.39 is 10.0 Å². The summed E-state index contributed by atoms with van der Waals surface area (Å²) in [6, 6.07) is 6.81. The molecule has 3 nitrogen and oxygen atoms in total. The normalized spacial score (nSPS) is 10.8. The molecule has 0 aliphatic heterocycles. The van der Waals surface area contributed by atoms with E-state index in [1.54, 1.807) is 37.3 Å². The van der Waals surface area contributed by atoms with Gasteiger partial charge >= 0.3 is 0 Å². The van der Waals surface area contributed by atoms with Crippen molar-refractivity contribution >= 4 is 10.0 Å². The van der Waals surface area contributed by atoms with Gasteiger partial charge in [0.2, 0.25) is 10.0 Å². The molecule has 21 heavy (non-hydrogen) atoms. The second-order valence-corrected chi connectivity index (χ2v) is 6.69. The molecular formula is C17H21NO2S. The fourth-order valence-electron chi connectivity index (χ4n) is 1.77. The highest BCUT2D eigenvalue weighted by atomic mass is 32.2. The van der Waals surface area contributed by atoms with Crippen molar-refractivity contribution in [1.82, 2.24) is 4.31 Å². The van der Waals surface area contributed by atoms with Crippen LogP contribution in [0.3, 0.4) is 0 Å². The van der Waals surface area contributed by atoms with E-state index in [9.17, 15) is 8.42 Å². The number of nitrogens with zero attached hydrogens (tertiary/aromatic N) is 1. The van der Waals surface area contributed by atoms with Gasteiger partial charge in [0.25, 0.3) is 0 Å². The van der Waals surface area contributed by atoms with E-state index >= 15 is 0 Å². The molecule has 1 rings (SSSR count). The second kappa shape index (κ2) is 7.82. The van der Waals surface area contributed by atoms with Crippen molar-refractivity contribution in [3.63, 3.8) is 0 Å². The molecule has 0 radical (unpaired) electrons. The second-order valence-electron chi connectivity index (χ2n) is 4.76. The van der Waals surface area contributed by atoms with E-state index in [0.29, 0.717) is 6.42 Å². The molecule has 1 aromatic carbocycles. The Balaban J connectivity index is 3.09. The van der Waals surface area contributed by atoms with Crippen LogP contribution < -0.4 is 0 Å². The predicted molar refractivity (Wildman–Crippen MR) is 87.3 cm³/mol. The molecule has 0 unspecified atom stereocenters. The smallest absolute Gasteiger partial charge is 0.207 e. The van der Waals surface area contributed by atoms with Gasteiger partial charge in [-0.15, -0.1) is 12.5 Å². The van der Waals surface area contributed by atoms with Gasteiger partial charge in [-0.05, 0) is 32.4 Å². The summed E-state index contributed by atoms with van der Waals surface area (Å²) in [4.78, 5) is 0.275. The molecule has 4 heteroatoms. The Morgan fingerprint density at radius 1 is 1.33 bits per heavy atom. The van der Waals surface area contributed by atoms with Crippen LogP contribution in [-0.4, -0.2) is 25.8 Å². The minimum Gasteiger partial charge on any atom is -0.207 e. The third kappa shape index (κ3) is 4.89. The van der Waals surface area contributed by atoms with Crippen LogP contribution in [0.1, 0.15) is 18.9 Å². The number of aryl methyl sites for hydroxylation is 1. The summed E-state index contributed by atoms with van der Waals surface area (Å²) < 4.78 is 26.7. The van der Waals surface area contributed by atoms with Crippen LogP contribution in [0.2, 0.25) is 0 Å². The first-order chi connectivity index (χ1) is 9.91. The van der Waals surface area contributed by atoms with Crippen LogP contribution in [0.5, 0.6) is 0 Å². The first-order valence-electron chi connectivity index (χ1n) is 6.65. The van der Waals surface area contributed by atoms with Crippen LogP contribution in [0.4, 0.5) is 0 Å². The summed E-state index contributed by atoms with van der Waals surface area (Å²) in [7, 11) is -3.57. The van der Waals surface area contributed by atoms with Crippen molar-refractivity contribution in [2.24, 2.45) is 0 Å². The van der Waals surface area contributed by atoms with Crippen LogP contribution in [0, 0.1) is 18.8 Å². The summed E-state index contributed by atoms with van der Waals surface area (Å²) in [6.45, 7) is 11.5. The molecule has 0 fully saturated rings. The van der Waals surface area contributed by atoms with Crippen LogP contribution >= 0.6 is 0 Å². The molecule has 0 saturated heterocycles. The van der Waals surface area contributed by atoms with Crippen molar-refractivity contribution in [1.29, 1.82) is 0 Å². The number of hydrogen-bond donors (Lipinski definition) is 0. The van der Waals surface area contributed by atoms with Gasteiger partial charge in [0.15, 0.2) is 0 Å². The zero-order valence-electron chi connectivity index (χ0n) is 12.6. The average Bonchev–Trinajstić information content (AvgIpc) is 2.44. The molecule has 0 spiro atoms. The van der Waals surface area contributed by atoms with Gasteiger partial charge in [-0.25, -0.2) is 8.42 Å². The Hall–Kier alpha value is -1.83. The number of benzene rings is 1. The molecule has 0 aliphatic rings. The monoisotopic (exact) mass is 303 g/mol. The topological polar surface area (TPSA) is 37.4 Å². The van der Waals surface area contributed by atoms with Crippen molar-refractivity contribution in [3.05, 3.63) is 54.6 Å². The number of rotatable bonds is 7. The van der Waals surface area contributed by atoms with E-state index in [1.807, 2.05) is 6.92 Å². The van der Waals surface area contributed by atoms with E-state index in [2.05, 4.69) is 25.0 Å². The fourth-order valence-corrected chi connectivity index (χ4v) is 3.14. The predicted octanol–water partition coefficient (Wildman–Crippen LogP) is 3.14. The first kappa shape index (κ1) is 17.2. The maximum Gasteiger partial charge on any atom is 0.244 e. The average molecular weight is 303 g/mol. The molecule has 0 atom stereocenters. The molecule has 0 aromatic heterocycles. The molecular weight excluding hydrogens is 282 g/mol. The standard InChI is InChI=1S/C17H21NO2S/c1-5-7-13-18(14-16(4)8-6-2)21(19,20)17-11-9-15(3)10-12-17/h6,9-12H,2,4,8,13-14H2,1,3H3. The molecule has 112 valence electrons. The van der Waals surface area contributed by atoms with E-state index in [1.165, 1.54) is 4.31 Å². The Kier molecular flexibility index (Phi) is 6.41. The lowest BCUT2D eigenvalue weighted by atomic mass is 10.2.